The molecule has 2 fully saturated rings. The quantitative estimate of drug-likeness (QED) is 0.151. The summed E-state index contributed by atoms with van der Waals surface area (Å²) in [5.41, 5.74) is 3.54. The lowest BCUT2D eigenvalue weighted by Gasteiger charge is -2.33. The van der Waals surface area contributed by atoms with E-state index in [1.54, 1.807) is 14.2 Å². The Bertz CT molecular complexity index is 1240. The van der Waals surface area contributed by atoms with Crippen molar-refractivity contribution in [2.45, 2.75) is 83.6 Å². The normalized spacial score (nSPS) is 21.3. The lowest BCUT2D eigenvalue weighted by Crippen LogP contribution is -2.41. The molecule has 3 aliphatic rings. The van der Waals surface area contributed by atoms with E-state index in [0.29, 0.717) is 39.6 Å². The van der Waals surface area contributed by atoms with Gasteiger partial charge in [0.15, 0.2) is 0 Å². The van der Waals surface area contributed by atoms with Crippen molar-refractivity contribution in [1.82, 2.24) is 0 Å². The second kappa shape index (κ2) is 14.2. The summed E-state index contributed by atoms with van der Waals surface area (Å²) >= 11 is 0. The zero-order chi connectivity index (χ0) is 34.1. The van der Waals surface area contributed by atoms with Gasteiger partial charge in [-0.05, 0) is 77.4 Å². The number of rotatable bonds is 16. The highest BCUT2D eigenvalue weighted by atomic mass is 16.7. The Kier molecular flexibility index (Phi) is 11.0. The molecule has 47 heavy (non-hydrogen) atoms. The molecule has 258 valence electrons. The highest BCUT2D eigenvalue weighted by Crippen LogP contribution is 2.50. The van der Waals surface area contributed by atoms with Gasteiger partial charge in [0, 0.05) is 25.3 Å². The molecule has 0 N–H and O–H groups in total. The summed E-state index contributed by atoms with van der Waals surface area (Å²) in [7, 11) is 2.20. The van der Waals surface area contributed by atoms with Gasteiger partial charge in [-0.1, -0.05) is 36.4 Å². The van der Waals surface area contributed by atoms with Gasteiger partial charge in [-0.25, -0.2) is 0 Å². The number of benzene rings is 2. The van der Waals surface area contributed by atoms with E-state index >= 15 is 0 Å². The van der Waals surface area contributed by atoms with E-state index < -0.39 is 42.4 Å². The lowest BCUT2D eigenvalue weighted by molar-refractivity contribution is -0.225. The maximum Gasteiger partial charge on any atom is 0.494 e. The first-order valence-corrected chi connectivity index (χ1v) is 16.6. The third kappa shape index (κ3) is 7.24. The van der Waals surface area contributed by atoms with Crippen molar-refractivity contribution in [3.05, 3.63) is 47.5 Å². The van der Waals surface area contributed by atoms with Crippen LogP contribution in [0.25, 0.3) is 11.1 Å². The maximum atomic E-state index is 6.82. The van der Waals surface area contributed by atoms with Gasteiger partial charge in [0.1, 0.15) is 0 Å². The Morgan fingerprint density at radius 3 is 1.17 bits per heavy atom. The molecule has 0 atom stereocenters. The van der Waals surface area contributed by atoms with Crippen molar-refractivity contribution in [2.75, 3.05) is 67.1 Å². The molecule has 0 aromatic heterocycles. The van der Waals surface area contributed by atoms with Gasteiger partial charge >= 0.3 is 14.2 Å². The van der Waals surface area contributed by atoms with Gasteiger partial charge in [0.2, 0.25) is 5.79 Å². The third-order valence-electron chi connectivity index (χ3n) is 10.1. The van der Waals surface area contributed by atoms with Crippen LogP contribution in [-0.2, 0) is 52.8 Å². The van der Waals surface area contributed by atoms with Crippen LogP contribution < -0.4 is 10.9 Å². The summed E-state index contributed by atoms with van der Waals surface area (Å²) in [4.78, 5) is 0. The fourth-order valence-corrected chi connectivity index (χ4v) is 5.86. The summed E-state index contributed by atoms with van der Waals surface area (Å²) in [6.45, 7) is 19.6. The summed E-state index contributed by atoms with van der Waals surface area (Å²) in [5, 5.41) is 0. The van der Waals surface area contributed by atoms with E-state index in [1.807, 2.05) is 0 Å². The van der Waals surface area contributed by atoms with Crippen LogP contribution in [0.5, 0.6) is 0 Å². The van der Waals surface area contributed by atoms with E-state index in [9.17, 15) is 0 Å². The minimum absolute atomic E-state index is 0.272. The van der Waals surface area contributed by atoms with E-state index in [-0.39, 0.29) is 13.2 Å². The van der Waals surface area contributed by atoms with Crippen molar-refractivity contribution in [3.63, 3.8) is 0 Å². The number of hydrogen-bond acceptors (Lipinski definition) is 10. The van der Waals surface area contributed by atoms with Crippen LogP contribution in [0.2, 0.25) is 0 Å². The molecule has 0 unspecified atom stereocenters. The van der Waals surface area contributed by atoms with Crippen molar-refractivity contribution < 1.29 is 47.0 Å². The molecule has 1 aliphatic carbocycles. The van der Waals surface area contributed by atoms with Crippen LogP contribution in [0.3, 0.4) is 0 Å². The minimum atomic E-state index is -1.28. The third-order valence-corrected chi connectivity index (χ3v) is 10.1. The van der Waals surface area contributed by atoms with Crippen LogP contribution in [0.1, 0.15) is 66.5 Å². The fourth-order valence-electron chi connectivity index (χ4n) is 5.86. The molecule has 5 rings (SSSR count). The van der Waals surface area contributed by atoms with Crippen molar-refractivity contribution in [3.8, 4) is 11.1 Å². The summed E-state index contributed by atoms with van der Waals surface area (Å²) in [5.74, 6) is -1.28. The number of hydrogen-bond donors (Lipinski definition) is 0. The maximum absolute atomic E-state index is 6.82. The largest absolute Gasteiger partial charge is 0.494 e. The fraction of sp³-hybridized carbons (Fsp3) is 0.657. The lowest BCUT2D eigenvalue weighted by atomic mass is 9.77. The van der Waals surface area contributed by atoms with Crippen LogP contribution >= 0.6 is 0 Å². The standard InChI is InChI=1S/C35H52B2O10/c1-31(2)32(3,4)45-36(44-31)25-11-13-27-28-14-12-26(37-46-33(5,6)34(7,8)47-37)24-30(28)35(29(27)23-25,42-21-19-40-17-15-38-9)43-22-20-41-18-16-39-10/h11-14,23-24H,15-22H2,1-10H3. The van der Waals surface area contributed by atoms with Crippen LogP contribution in [0.4, 0.5) is 0 Å². The monoisotopic (exact) mass is 654 g/mol. The van der Waals surface area contributed by atoms with Crippen molar-refractivity contribution in [2.24, 2.45) is 0 Å². The van der Waals surface area contributed by atoms with Crippen LogP contribution in [-0.4, -0.2) is 104 Å². The highest BCUT2D eigenvalue weighted by molar-refractivity contribution is 6.62. The van der Waals surface area contributed by atoms with E-state index in [1.165, 1.54) is 0 Å². The SMILES string of the molecule is COCCOCCOC1(OCCOCCOC)c2cc(B3OC(C)(C)C(C)(C)O3)ccc2-c2ccc(B3OC(C)(C)C(C)(C)O3)cc21. The Labute approximate surface area is 281 Å². The second-order valence-electron chi connectivity index (χ2n) is 14.3. The number of methoxy groups -OCH3 is 2. The summed E-state index contributed by atoms with van der Waals surface area (Å²) < 4.78 is 61.4. The summed E-state index contributed by atoms with van der Waals surface area (Å²) in [6, 6.07) is 12.5. The van der Waals surface area contributed by atoms with Crippen LogP contribution in [0.15, 0.2) is 36.4 Å². The second-order valence-corrected chi connectivity index (χ2v) is 14.3. The van der Waals surface area contributed by atoms with Gasteiger partial charge in [0.05, 0.1) is 75.3 Å². The molecule has 0 spiro atoms. The van der Waals surface area contributed by atoms with Gasteiger partial charge < -0.3 is 47.0 Å². The molecule has 0 amide bonds. The van der Waals surface area contributed by atoms with Gasteiger partial charge in [-0.15, -0.1) is 0 Å². The Morgan fingerprint density at radius 2 is 0.830 bits per heavy atom. The highest BCUT2D eigenvalue weighted by Gasteiger charge is 2.55. The predicted molar refractivity (Wildman–Crippen MR) is 181 cm³/mol. The molecular formula is C35H52B2O10. The van der Waals surface area contributed by atoms with Crippen LogP contribution in [0, 0.1) is 0 Å². The first-order chi connectivity index (χ1) is 22.2. The predicted octanol–water partition coefficient (Wildman–Crippen LogP) is 3.83. The Balaban J connectivity index is 1.55. The van der Waals surface area contributed by atoms with Gasteiger partial charge in [0.25, 0.3) is 0 Å². The molecule has 12 heteroatoms. The van der Waals surface area contributed by atoms with Gasteiger partial charge in [-0.3, -0.25) is 0 Å². The Morgan fingerprint density at radius 1 is 0.489 bits per heavy atom. The van der Waals surface area contributed by atoms with E-state index in [4.69, 9.17) is 47.0 Å². The first kappa shape index (κ1) is 36.5. The molecule has 10 nitrogen and oxygen atoms in total. The topological polar surface area (TPSA) is 92.3 Å². The number of ether oxygens (including phenoxy) is 6. The van der Waals surface area contributed by atoms with Crippen molar-refractivity contribution in [1.29, 1.82) is 0 Å². The van der Waals surface area contributed by atoms with E-state index in [0.717, 1.165) is 33.2 Å². The first-order valence-electron chi connectivity index (χ1n) is 16.6. The average Bonchev–Trinajstić information content (AvgIpc) is 3.50. The molecule has 2 aromatic rings. The summed E-state index contributed by atoms with van der Waals surface area (Å²) in [6.07, 6.45) is 0. The molecule has 0 bridgehead atoms. The molecule has 2 heterocycles. The van der Waals surface area contributed by atoms with Gasteiger partial charge in [-0.2, -0.15) is 0 Å². The Hall–Kier alpha value is -1.83. The molecule has 2 aliphatic heterocycles. The molecular weight excluding hydrogens is 602 g/mol. The number of fused-ring (bicyclic) bond motifs is 3. The molecule has 2 aromatic carbocycles. The molecule has 2 saturated heterocycles. The van der Waals surface area contributed by atoms with E-state index in [2.05, 4.69) is 91.8 Å². The van der Waals surface area contributed by atoms with Crippen molar-refractivity contribution >= 4 is 25.2 Å². The average molecular weight is 654 g/mol. The zero-order valence-electron chi connectivity index (χ0n) is 29.9. The molecule has 0 radical (unpaired) electrons. The minimum Gasteiger partial charge on any atom is -0.399 e. The molecule has 0 saturated carbocycles. The zero-order valence-corrected chi connectivity index (χ0v) is 29.9. The smallest absolute Gasteiger partial charge is 0.399 e.